The molecule has 4 heteroatoms. The van der Waals surface area contributed by atoms with Crippen molar-refractivity contribution >= 4 is 5.91 Å². The molecule has 4 rings (SSSR count). The van der Waals surface area contributed by atoms with Gasteiger partial charge in [0.05, 0.1) is 0 Å². The molecule has 0 bridgehead atoms. The van der Waals surface area contributed by atoms with Crippen LogP contribution in [0.25, 0.3) is 0 Å². The van der Waals surface area contributed by atoms with Gasteiger partial charge in [-0.3, -0.25) is 9.78 Å². The van der Waals surface area contributed by atoms with Crippen molar-refractivity contribution in [2.75, 3.05) is 13.1 Å². The Morgan fingerprint density at radius 2 is 1.83 bits per heavy atom. The second-order valence-electron chi connectivity index (χ2n) is 8.96. The van der Waals surface area contributed by atoms with Crippen LogP contribution in [0, 0.1) is 11.7 Å². The van der Waals surface area contributed by atoms with E-state index < -0.39 is 0 Å². The third-order valence-corrected chi connectivity index (χ3v) is 6.92. The number of aromatic nitrogens is 1. The molecule has 1 saturated heterocycles. The van der Waals surface area contributed by atoms with Crippen LogP contribution in [0.1, 0.15) is 68.7 Å². The van der Waals surface area contributed by atoms with Crippen molar-refractivity contribution in [2.45, 2.75) is 58.3 Å². The van der Waals surface area contributed by atoms with E-state index in [1.165, 1.54) is 17.2 Å². The first kappa shape index (κ1) is 20.8. The molecule has 1 atom stereocenters. The summed E-state index contributed by atoms with van der Waals surface area (Å²) in [4.78, 5) is 19.7. The molecule has 0 saturated carbocycles. The molecule has 2 aromatic rings. The second kappa shape index (κ2) is 9.11. The van der Waals surface area contributed by atoms with E-state index in [0.717, 1.165) is 56.5 Å². The van der Waals surface area contributed by atoms with E-state index >= 15 is 0 Å². The molecule has 1 aliphatic carbocycles. The Kier molecular flexibility index (Phi) is 6.31. The normalized spacial score (nSPS) is 20.5. The Hall–Kier alpha value is -2.49. The minimum Gasteiger partial charge on any atom is -0.342 e. The molecule has 1 aliphatic heterocycles. The van der Waals surface area contributed by atoms with Gasteiger partial charge in [0.1, 0.15) is 5.82 Å². The fourth-order valence-corrected chi connectivity index (χ4v) is 4.76. The molecule has 2 heterocycles. The summed E-state index contributed by atoms with van der Waals surface area (Å²) in [6, 6.07) is 11.0. The minimum atomic E-state index is -0.169. The smallest absolute Gasteiger partial charge is 0.226 e. The molecule has 1 aromatic heterocycles. The fourth-order valence-electron chi connectivity index (χ4n) is 4.76. The molecule has 1 amide bonds. The standard InChI is InChI=1S/C26H31FN2O/c1-18-7-9-23(15-19(18)2)26(30)29-13-11-21(12-14-29)25-10-8-20(17-28-25)16-22-5-3-4-6-24(22)27/h3-6,8,10,17,21,23H,7,9,11-16H2,1-2H3. The lowest BCUT2D eigenvalue weighted by atomic mass is 9.83. The van der Waals surface area contributed by atoms with Crippen molar-refractivity contribution in [3.63, 3.8) is 0 Å². The molecule has 0 spiro atoms. The van der Waals surface area contributed by atoms with E-state index in [1.54, 1.807) is 6.07 Å². The summed E-state index contributed by atoms with van der Waals surface area (Å²) in [5.74, 6) is 0.735. The molecule has 158 valence electrons. The van der Waals surface area contributed by atoms with Gasteiger partial charge >= 0.3 is 0 Å². The zero-order chi connectivity index (χ0) is 21.1. The van der Waals surface area contributed by atoms with Gasteiger partial charge in [-0.2, -0.15) is 0 Å². The number of allylic oxidation sites excluding steroid dienone is 2. The van der Waals surface area contributed by atoms with Gasteiger partial charge < -0.3 is 4.90 Å². The number of hydrogen-bond acceptors (Lipinski definition) is 2. The van der Waals surface area contributed by atoms with E-state index in [2.05, 4.69) is 35.9 Å². The first-order valence-corrected chi connectivity index (χ1v) is 11.1. The number of rotatable bonds is 4. The van der Waals surface area contributed by atoms with Crippen molar-refractivity contribution in [3.05, 3.63) is 76.4 Å². The number of pyridine rings is 1. The summed E-state index contributed by atoms with van der Waals surface area (Å²) in [5, 5.41) is 0. The third-order valence-electron chi connectivity index (χ3n) is 6.92. The number of piperidine rings is 1. The summed E-state index contributed by atoms with van der Waals surface area (Å²) < 4.78 is 13.9. The summed E-state index contributed by atoms with van der Waals surface area (Å²) in [6.07, 6.45) is 7.34. The van der Waals surface area contributed by atoms with Gasteiger partial charge in [0.25, 0.3) is 0 Å². The van der Waals surface area contributed by atoms with Crippen molar-refractivity contribution < 1.29 is 9.18 Å². The van der Waals surface area contributed by atoms with Gasteiger partial charge in [-0.15, -0.1) is 0 Å². The largest absolute Gasteiger partial charge is 0.342 e. The minimum absolute atomic E-state index is 0.168. The Balaban J connectivity index is 1.32. The van der Waals surface area contributed by atoms with Crippen LogP contribution in [-0.2, 0) is 11.2 Å². The first-order valence-electron chi connectivity index (χ1n) is 11.1. The number of halogens is 1. The number of benzene rings is 1. The van der Waals surface area contributed by atoms with E-state index in [0.29, 0.717) is 23.8 Å². The van der Waals surface area contributed by atoms with Crippen LogP contribution in [0.4, 0.5) is 4.39 Å². The Morgan fingerprint density at radius 3 is 2.50 bits per heavy atom. The Labute approximate surface area is 179 Å². The summed E-state index contributed by atoms with van der Waals surface area (Å²) in [5.41, 5.74) is 5.66. The van der Waals surface area contributed by atoms with Crippen LogP contribution in [-0.4, -0.2) is 28.9 Å². The predicted molar refractivity (Wildman–Crippen MR) is 118 cm³/mol. The number of hydrogen-bond donors (Lipinski definition) is 0. The van der Waals surface area contributed by atoms with Crippen molar-refractivity contribution in [1.29, 1.82) is 0 Å². The SMILES string of the molecule is CC1=C(C)CC(C(=O)N2CCC(c3ccc(Cc4ccccc4F)cn3)CC2)CC1. The van der Waals surface area contributed by atoms with Crippen LogP contribution in [0.5, 0.6) is 0 Å². The van der Waals surface area contributed by atoms with E-state index in [-0.39, 0.29) is 11.7 Å². The molecule has 0 N–H and O–H groups in total. The number of likely N-dealkylation sites (tertiary alicyclic amines) is 1. The van der Waals surface area contributed by atoms with E-state index in [9.17, 15) is 9.18 Å². The van der Waals surface area contributed by atoms with Crippen LogP contribution < -0.4 is 0 Å². The summed E-state index contributed by atoms with van der Waals surface area (Å²) >= 11 is 0. The van der Waals surface area contributed by atoms with Crippen LogP contribution in [0.2, 0.25) is 0 Å². The van der Waals surface area contributed by atoms with Crippen LogP contribution in [0.3, 0.4) is 0 Å². The van der Waals surface area contributed by atoms with E-state index in [1.807, 2.05) is 18.3 Å². The van der Waals surface area contributed by atoms with Gasteiger partial charge in [0.15, 0.2) is 0 Å². The molecule has 1 aromatic carbocycles. The number of carbonyl (C=O) groups is 1. The van der Waals surface area contributed by atoms with Gasteiger partial charge in [-0.25, -0.2) is 4.39 Å². The molecule has 1 unspecified atom stereocenters. The number of amides is 1. The molecule has 2 aliphatic rings. The third kappa shape index (κ3) is 4.63. The number of nitrogens with zero attached hydrogens (tertiary/aromatic N) is 2. The summed E-state index contributed by atoms with van der Waals surface area (Å²) in [6.45, 7) is 6.00. The predicted octanol–water partition coefficient (Wildman–Crippen LogP) is 5.65. The highest BCUT2D eigenvalue weighted by Gasteiger charge is 2.30. The first-order chi connectivity index (χ1) is 14.5. The highest BCUT2D eigenvalue weighted by molar-refractivity contribution is 5.79. The van der Waals surface area contributed by atoms with Gasteiger partial charge in [-0.05, 0) is 69.2 Å². The zero-order valence-corrected chi connectivity index (χ0v) is 18.0. The maximum atomic E-state index is 13.9. The molecule has 0 radical (unpaired) electrons. The maximum absolute atomic E-state index is 13.9. The van der Waals surface area contributed by atoms with Crippen molar-refractivity contribution in [2.24, 2.45) is 5.92 Å². The fraction of sp³-hybridized carbons (Fsp3) is 0.462. The Bertz CT molecular complexity index is 926. The highest BCUT2D eigenvalue weighted by atomic mass is 19.1. The topological polar surface area (TPSA) is 33.2 Å². The average molecular weight is 407 g/mol. The van der Waals surface area contributed by atoms with Gasteiger partial charge in [0.2, 0.25) is 5.91 Å². The molecular formula is C26H31FN2O. The monoisotopic (exact) mass is 406 g/mol. The average Bonchev–Trinajstić information content (AvgIpc) is 2.77. The van der Waals surface area contributed by atoms with Crippen molar-refractivity contribution in [1.82, 2.24) is 9.88 Å². The quantitative estimate of drug-likeness (QED) is 0.615. The second-order valence-corrected chi connectivity index (χ2v) is 8.96. The maximum Gasteiger partial charge on any atom is 0.226 e. The van der Waals surface area contributed by atoms with Crippen molar-refractivity contribution in [3.8, 4) is 0 Å². The zero-order valence-electron chi connectivity index (χ0n) is 18.0. The highest BCUT2D eigenvalue weighted by Crippen LogP contribution is 2.33. The molecule has 1 fully saturated rings. The van der Waals surface area contributed by atoms with E-state index in [4.69, 9.17) is 0 Å². The lowest BCUT2D eigenvalue weighted by Gasteiger charge is -2.35. The summed E-state index contributed by atoms with van der Waals surface area (Å²) in [7, 11) is 0. The van der Waals surface area contributed by atoms with Gasteiger partial charge in [0, 0.05) is 43.2 Å². The van der Waals surface area contributed by atoms with Crippen LogP contribution in [0.15, 0.2) is 53.7 Å². The molecule has 3 nitrogen and oxygen atoms in total. The molecule has 30 heavy (non-hydrogen) atoms. The van der Waals surface area contributed by atoms with Gasteiger partial charge in [-0.1, -0.05) is 35.4 Å². The number of carbonyl (C=O) groups excluding carboxylic acids is 1. The lowest BCUT2D eigenvalue weighted by molar-refractivity contribution is -0.137. The van der Waals surface area contributed by atoms with Crippen LogP contribution >= 0.6 is 0 Å². The molecular weight excluding hydrogens is 375 g/mol. The lowest BCUT2D eigenvalue weighted by Crippen LogP contribution is -2.42. The Morgan fingerprint density at radius 1 is 1.07 bits per heavy atom.